The van der Waals surface area contributed by atoms with E-state index in [0.29, 0.717) is 0 Å². The molecule has 1 rings (SSSR count). The second-order valence-corrected chi connectivity index (χ2v) is 3.85. The molecule has 0 saturated carbocycles. The van der Waals surface area contributed by atoms with Crippen molar-refractivity contribution in [3.8, 4) is 0 Å². The number of unbranched alkanes of at least 4 members (excludes halogenated alkanes) is 1. The van der Waals surface area contributed by atoms with Crippen LogP contribution < -0.4 is 10.6 Å². The first-order chi connectivity index (χ1) is 8.22. The molecule has 0 aliphatic heterocycles. The van der Waals surface area contributed by atoms with Crippen LogP contribution in [0.15, 0.2) is 6.08 Å². The van der Waals surface area contributed by atoms with Gasteiger partial charge in [-0.15, -0.1) is 5.73 Å². The average molecular weight is 229 g/mol. The fourth-order valence-corrected chi connectivity index (χ4v) is 1.67. The summed E-state index contributed by atoms with van der Waals surface area (Å²) in [5.74, 6) is 0.796. The highest BCUT2D eigenvalue weighted by atomic mass is 14.9. The molecular weight excluding hydrogens is 210 g/mol. The molecule has 1 heterocycles. The van der Waals surface area contributed by atoms with Crippen LogP contribution >= 0.6 is 0 Å². The van der Waals surface area contributed by atoms with E-state index in [1.807, 2.05) is 19.9 Å². The van der Waals surface area contributed by atoms with E-state index in [1.54, 1.807) is 6.08 Å². The van der Waals surface area contributed by atoms with Gasteiger partial charge < -0.3 is 5.41 Å². The van der Waals surface area contributed by atoms with Gasteiger partial charge in [-0.05, 0) is 32.8 Å². The summed E-state index contributed by atoms with van der Waals surface area (Å²) in [5, 5.41) is 8.87. The van der Waals surface area contributed by atoms with Gasteiger partial charge >= 0.3 is 0 Å². The lowest BCUT2D eigenvalue weighted by Crippen LogP contribution is -2.33. The lowest BCUT2D eigenvalue weighted by molar-refractivity contribution is 0.759. The van der Waals surface area contributed by atoms with Crippen molar-refractivity contribution in [3.05, 3.63) is 28.2 Å². The second kappa shape index (κ2) is 6.77. The van der Waals surface area contributed by atoms with Crippen molar-refractivity contribution < 1.29 is 0 Å². The maximum atomic E-state index is 7.04. The first kappa shape index (κ1) is 13.3. The van der Waals surface area contributed by atoms with Crippen LogP contribution in [0.3, 0.4) is 0 Å². The Hall–Kier alpha value is -1.73. The molecular formula is C14H19N3. The Morgan fingerprint density at radius 3 is 2.71 bits per heavy atom. The molecule has 0 bridgehead atoms. The van der Waals surface area contributed by atoms with Crippen LogP contribution in [0.4, 0.5) is 0 Å². The number of aryl methyl sites for hydroxylation is 2. The smallest absolute Gasteiger partial charge is 0.126 e. The van der Waals surface area contributed by atoms with Gasteiger partial charge in [-0.1, -0.05) is 19.4 Å². The summed E-state index contributed by atoms with van der Waals surface area (Å²) >= 11 is 0. The van der Waals surface area contributed by atoms with E-state index < -0.39 is 0 Å². The molecule has 0 aromatic carbocycles. The third kappa shape index (κ3) is 3.65. The Balaban J connectivity index is 3.51. The molecule has 0 fully saturated rings. The maximum Gasteiger partial charge on any atom is 0.126 e. The second-order valence-electron chi connectivity index (χ2n) is 3.85. The number of rotatable bonds is 4. The zero-order chi connectivity index (χ0) is 12.7. The molecule has 3 nitrogen and oxygen atoms in total. The van der Waals surface area contributed by atoms with E-state index >= 15 is 0 Å². The molecule has 0 amide bonds. The van der Waals surface area contributed by atoms with Crippen LogP contribution in [0.2, 0.25) is 0 Å². The van der Waals surface area contributed by atoms with Crippen LogP contribution in [0, 0.1) is 12.3 Å². The molecule has 1 aromatic rings. The Bertz CT molecular complexity index is 537. The van der Waals surface area contributed by atoms with E-state index in [-0.39, 0.29) is 0 Å². The van der Waals surface area contributed by atoms with Gasteiger partial charge in [0.1, 0.15) is 5.82 Å². The van der Waals surface area contributed by atoms with E-state index in [0.717, 1.165) is 41.3 Å². The van der Waals surface area contributed by atoms with Gasteiger partial charge in [0.2, 0.25) is 0 Å². The lowest BCUT2D eigenvalue weighted by Gasteiger charge is -2.01. The Morgan fingerprint density at radius 2 is 2.12 bits per heavy atom. The van der Waals surface area contributed by atoms with E-state index in [4.69, 9.17) is 5.41 Å². The highest BCUT2D eigenvalue weighted by Gasteiger charge is 2.01. The minimum absolute atomic E-state index is 0.796. The first-order valence-corrected chi connectivity index (χ1v) is 5.98. The van der Waals surface area contributed by atoms with Crippen LogP contribution in [-0.2, 0) is 6.42 Å². The van der Waals surface area contributed by atoms with E-state index in [9.17, 15) is 0 Å². The quantitative estimate of drug-likeness (QED) is 0.796. The van der Waals surface area contributed by atoms with Crippen LogP contribution in [0.25, 0.3) is 11.8 Å². The molecule has 0 spiro atoms. The fraction of sp³-hybridized carbons (Fsp3) is 0.429. The number of allylic oxidation sites excluding steroid dienone is 1. The number of nitrogens with one attached hydrogen (secondary N) is 1. The predicted octanol–water partition coefficient (Wildman–Crippen LogP) is 1.51. The van der Waals surface area contributed by atoms with Crippen molar-refractivity contribution in [2.45, 2.75) is 40.0 Å². The minimum atomic E-state index is 0.796. The average Bonchev–Trinajstić information content (AvgIpc) is 2.34. The van der Waals surface area contributed by atoms with Gasteiger partial charge in [0.25, 0.3) is 0 Å². The summed E-state index contributed by atoms with van der Waals surface area (Å²) in [5.41, 5.74) is 4.13. The van der Waals surface area contributed by atoms with Crippen LogP contribution in [-0.4, -0.2) is 16.2 Å². The Morgan fingerprint density at radius 1 is 1.35 bits per heavy atom. The summed E-state index contributed by atoms with van der Waals surface area (Å²) in [6, 6.07) is 0. The molecule has 1 N–H and O–H groups in total. The Labute approximate surface area is 102 Å². The summed E-state index contributed by atoms with van der Waals surface area (Å²) in [6.07, 6.45) is 7.97. The van der Waals surface area contributed by atoms with Gasteiger partial charge in [0.05, 0.1) is 16.3 Å². The minimum Gasteiger partial charge on any atom is -0.308 e. The molecule has 17 heavy (non-hydrogen) atoms. The third-order valence-electron chi connectivity index (χ3n) is 2.48. The number of hydrogen-bond acceptors (Lipinski definition) is 3. The normalized spacial score (nSPS) is 11.1. The van der Waals surface area contributed by atoms with Crippen molar-refractivity contribution in [2.75, 3.05) is 0 Å². The molecule has 0 radical (unpaired) electrons. The summed E-state index contributed by atoms with van der Waals surface area (Å²) < 4.78 is 0. The molecule has 0 aliphatic carbocycles. The van der Waals surface area contributed by atoms with Gasteiger partial charge in [-0.25, -0.2) is 9.97 Å². The lowest BCUT2D eigenvalue weighted by atomic mass is 10.1. The molecule has 1 aromatic heterocycles. The molecule has 0 unspecified atom stereocenters. The summed E-state index contributed by atoms with van der Waals surface area (Å²) in [4.78, 5) is 8.87. The number of nitrogens with zero attached hydrogens (tertiary/aromatic N) is 2. The number of hydrogen-bond donors (Lipinski definition) is 1. The zero-order valence-corrected chi connectivity index (χ0v) is 10.7. The van der Waals surface area contributed by atoms with Gasteiger partial charge in [-0.3, -0.25) is 0 Å². The van der Waals surface area contributed by atoms with Crippen molar-refractivity contribution in [1.82, 2.24) is 9.97 Å². The summed E-state index contributed by atoms with van der Waals surface area (Å²) in [6.45, 7) is 6.03. The highest BCUT2D eigenvalue weighted by molar-refractivity contribution is 5.71. The third-order valence-corrected chi connectivity index (χ3v) is 2.48. The fourth-order valence-electron chi connectivity index (χ4n) is 1.67. The monoisotopic (exact) mass is 229 g/mol. The number of aromatic nitrogens is 2. The molecule has 0 saturated heterocycles. The molecule has 0 aliphatic rings. The van der Waals surface area contributed by atoms with Gasteiger partial charge in [-0.2, -0.15) is 0 Å². The SMILES string of the molecule is CC=c1nc(C)nc(CCCC)c1=C=CC=N. The van der Waals surface area contributed by atoms with E-state index in [2.05, 4.69) is 22.6 Å². The molecule has 3 heteroatoms. The Kier molecular flexibility index (Phi) is 5.31. The zero-order valence-electron chi connectivity index (χ0n) is 10.7. The van der Waals surface area contributed by atoms with Crippen molar-refractivity contribution in [1.29, 1.82) is 5.41 Å². The topological polar surface area (TPSA) is 49.6 Å². The van der Waals surface area contributed by atoms with Crippen molar-refractivity contribution in [3.63, 3.8) is 0 Å². The molecule has 0 atom stereocenters. The van der Waals surface area contributed by atoms with Crippen LogP contribution in [0.1, 0.15) is 38.2 Å². The highest BCUT2D eigenvalue weighted by Crippen LogP contribution is 1.95. The van der Waals surface area contributed by atoms with Crippen molar-refractivity contribution >= 4 is 18.0 Å². The van der Waals surface area contributed by atoms with E-state index in [1.165, 1.54) is 6.21 Å². The first-order valence-electron chi connectivity index (χ1n) is 5.98. The predicted molar refractivity (Wildman–Crippen MR) is 71.5 cm³/mol. The maximum absolute atomic E-state index is 7.04. The van der Waals surface area contributed by atoms with Gasteiger partial charge in [0.15, 0.2) is 0 Å². The summed E-state index contributed by atoms with van der Waals surface area (Å²) in [7, 11) is 0. The standard InChI is InChI=1S/C14H19N3/c1-4-6-9-14-12(8-7-10-15)13(5-2)16-11(3)17-14/h5,7,10,15H,4,6,9H2,1-3H3. The van der Waals surface area contributed by atoms with Crippen LogP contribution in [0.5, 0.6) is 0 Å². The largest absolute Gasteiger partial charge is 0.308 e. The molecule has 90 valence electrons. The van der Waals surface area contributed by atoms with Crippen molar-refractivity contribution in [2.24, 2.45) is 0 Å². The van der Waals surface area contributed by atoms with Gasteiger partial charge in [0, 0.05) is 6.21 Å².